The number of nitrogens with zero attached hydrogens (tertiary/aromatic N) is 1. The molecule has 0 saturated carbocycles. The second-order valence-corrected chi connectivity index (χ2v) is 8.17. The third kappa shape index (κ3) is 6.72. The average molecular weight is 387 g/mol. The van der Waals surface area contributed by atoms with E-state index >= 15 is 0 Å². The van der Waals surface area contributed by atoms with Crippen LogP contribution in [0.3, 0.4) is 0 Å². The van der Waals surface area contributed by atoms with Crippen molar-refractivity contribution in [2.24, 2.45) is 0 Å². The first-order chi connectivity index (χ1) is 12.7. The molecule has 1 N–H and O–H groups in total. The molecule has 0 saturated heterocycles. The molecule has 0 radical (unpaired) electrons. The number of benzene rings is 2. The zero-order chi connectivity index (χ0) is 20.0. The zero-order valence-electron chi connectivity index (χ0n) is 16.3. The van der Waals surface area contributed by atoms with E-state index in [9.17, 15) is 9.59 Å². The molecule has 2 rings (SSSR count). The van der Waals surface area contributed by atoms with Gasteiger partial charge >= 0.3 is 0 Å². The highest BCUT2D eigenvalue weighted by atomic mass is 35.5. The van der Waals surface area contributed by atoms with Gasteiger partial charge in [0.05, 0.1) is 6.42 Å². The number of hydrogen-bond donors (Lipinski definition) is 1. The smallest absolute Gasteiger partial charge is 0.242 e. The van der Waals surface area contributed by atoms with Crippen LogP contribution in [0.15, 0.2) is 54.6 Å². The Hall–Kier alpha value is -2.33. The molecule has 27 heavy (non-hydrogen) atoms. The number of amides is 2. The largest absolute Gasteiger partial charge is 0.350 e. The van der Waals surface area contributed by atoms with Gasteiger partial charge in [0.1, 0.15) is 6.04 Å². The van der Waals surface area contributed by atoms with Gasteiger partial charge in [0.2, 0.25) is 11.8 Å². The second kappa shape index (κ2) is 9.05. The number of hydrogen-bond acceptors (Lipinski definition) is 2. The van der Waals surface area contributed by atoms with Gasteiger partial charge in [-0.1, -0.05) is 54.1 Å². The van der Waals surface area contributed by atoms with E-state index in [1.54, 1.807) is 17.9 Å². The summed E-state index contributed by atoms with van der Waals surface area (Å²) in [5, 5.41) is 3.56. The van der Waals surface area contributed by atoms with Gasteiger partial charge in [-0.2, -0.15) is 0 Å². The maximum Gasteiger partial charge on any atom is 0.242 e. The molecule has 5 heteroatoms. The number of halogens is 1. The molecule has 0 bridgehead atoms. The van der Waals surface area contributed by atoms with E-state index in [2.05, 4.69) is 5.32 Å². The molecule has 4 nitrogen and oxygen atoms in total. The van der Waals surface area contributed by atoms with Crippen molar-refractivity contribution in [1.29, 1.82) is 0 Å². The molecular formula is C22H27ClN2O2. The highest BCUT2D eigenvalue weighted by Gasteiger charge is 2.28. The average Bonchev–Trinajstić information content (AvgIpc) is 2.58. The van der Waals surface area contributed by atoms with Crippen molar-refractivity contribution < 1.29 is 9.59 Å². The van der Waals surface area contributed by atoms with Gasteiger partial charge in [-0.15, -0.1) is 0 Å². The minimum absolute atomic E-state index is 0.0993. The third-order valence-corrected chi connectivity index (χ3v) is 4.34. The molecule has 0 aliphatic rings. The van der Waals surface area contributed by atoms with E-state index in [1.165, 1.54) is 0 Å². The fourth-order valence-electron chi connectivity index (χ4n) is 2.76. The van der Waals surface area contributed by atoms with Crippen molar-refractivity contribution in [3.63, 3.8) is 0 Å². The number of rotatable bonds is 6. The van der Waals surface area contributed by atoms with E-state index in [4.69, 9.17) is 11.6 Å². The Bertz CT molecular complexity index is 784. The monoisotopic (exact) mass is 386 g/mol. The van der Waals surface area contributed by atoms with Gasteiger partial charge in [0.15, 0.2) is 0 Å². The van der Waals surface area contributed by atoms with Crippen LogP contribution in [0.5, 0.6) is 0 Å². The topological polar surface area (TPSA) is 49.4 Å². The number of carbonyl (C=O) groups is 2. The molecule has 144 valence electrons. The Morgan fingerprint density at radius 2 is 1.67 bits per heavy atom. The van der Waals surface area contributed by atoms with Crippen LogP contribution in [0.4, 0.5) is 0 Å². The van der Waals surface area contributed by atoms with Gasteiger partial charge in [-0.3, -0.25) is 9.59 Å². The first-order valence-electron chi connectivity index (χ1n) is 9.05. The Morgan fingerprint density at radius 1 is 1.04 bits per heavy atom. The molecule has 0 fully saturated rings. The molecule has 0 aliphatic carbocycles. The molecule has 0 aliphatic heterocycles. The molecule has 0 heterocycles. The normalized spacial score (nSPS) is 12.3. The predicted octanol–water partition coefficient (Wildman–Crippen LogP) is 4.21. The molecule has 0 unspecified atom stereocenters. The summed E-state index contributed by atoms with van der Waals surface area (Å²) in [5.41, 5.74) is 1.44. The van der Waals surface area contributed by atoms with Crippen LogP contribution in [0.25, 0.3) is 0 Å². The fourth-order valence-corrected chi connectivity index (χ4v) is 2.97. The summed E-state index contributed by atoms with van der Waals surface area (Å²) in [4.78, 5) is 27.3. The van der Waals surface area contributed by atoms with E-state index in [0.717, 1.165) is 11.1 Å². The SMILES string of the molecule is C[C@H](C(=O)NC(C)(C)C)N(Cc1cccc(Cl)c1)C(=O)Cc1ccccc1. The van der Waals surface area contributed by atoms with Crippen molar-refractivity contribution >= 4 is 23.4 Å². The maximum atomic E-state index is 13.0. The van der Waals surface area contributed by atoms with Gasteiger partial charge in [0.25, 0.3) is 0 Å². The molecule has 2 aromatic rings. The summed E-state index contributed by atoms with van der Waals surface area (Å²) < 4.78 is 0. The van der Waals surface area contributed by atoms with Gasteiger partial charge < -0.3 is 10.2 Å². The summed E-state index contributed by atoms with van der Waals surface area (Å²) in [6, 6.07) is 16.3. The van der Waals surface area contributed by atoms with E-state index in [-0.39, 0.29) is 23.8 Å². The molecule has 2 aromatic carbocycles. The maximum absolute atomic E-state index is 13.0. The number of nitrogens with one attached hydrogen (secondary N) is 1. The summed E-state index contributed by atoms with van der Waals surface area (Å²) >= 11 is 6.08. The Balaban J connectivity index is 2.23. The minimum atomic E-state index is -0.598. The summed E-state index contributed by atoms with van der Waals surface area (Å²) in [7, 11) is 0. The van der Waals surface area contributed by atoms with E-state index in [0.29, 0.717) is 11.6 Å². The Kier molecular flexibility index (Phi) is 7.03. The zero-order valence-corrected chi connectivity index (χ0v) is 17.1. The quantitative estimate of drug-likeness (QED) is 0.808. The highest BCUT2D eigenvalue weighted by molar-refractivity contribution is 6.30. The lowest BCUT2D eigenvalue weighted by Gasteiger charge is -2.31. The lowest BCUT2D eigenvalue weighted by Crippen LogP contribution is -2.52. The standard InChI is InChI=1S/C22H27ClN2O2/c1-16(21(27)24-22(2,3)4)25(15-18-11-8-12-19(23)13-18)20(26)14-17-9-6-5-7-10-17/h5-13,16H,14-15H2,1-4H3,(H,24,27)/t16-/m1/s1. The van der Waals surface area contributed by atoms with Crippen molar-refractivity contribution in [2.45, 2.75) is 52.2 Å². The van der Waals surface area contributed by atoms with Crippen LogP contribution < -0.4 is 5.32 Å². The molecular weight excluding hydrogens is 360 g/mol. The molecule has 0 spiro atoms. The summed E-state index contributed by atoms with van der Waals surface area (Å²) in [5.74, 6) is -0.274. The van der Waals surface area contributed by atoms with Gasteiger partial charge in [-0.05, 0) is 51.0 Å². The highest BCUT2D eigenvalue weighted by Crippen LogP contribution is 2.16. The van der Waals surface area contributed by atoms with Crippen molar-refractivity contribution in [3.05, 3.63) is 70.7 Å². The van der Waals surface area contributed by atoms with E-state index in [1.807, 2.05) is 69.3 Å². The van der Waals surface area contributed by atoms with Crippen LogP contribution >= 0.6 is 11.6 Å². The van der Waals surface area contributed by atoms with Crippen LogP contribution in [0.1, 0.15) is 38.8 Å². The second-order valence-electron chi connectivity index (χ2n) is 7.73. The lowest BCUT2D eigenvalue weighted by molar-refractivity contribution is -0.140. The van der Waals surface area contributed by atoms with Gasteiger partial charge in [0, 0.05) is 17.1 Å². The van der Waals surface area contributed by atoms with Crippen molar-refractivity contribution in [2.75, 3.05) is 0 Å². The fraction of sp³-hybridized carbons (Fsp3) is 0.364. The Labute approximate surface area is 166 Å². The van der Waals surface area contributed by atoms with E-state index < -0.39 is 6.04 Å². The predicted molar refractivity (Wildman–Crippen MR) is 110 cm³/mol. The lowest BCUT2D eigenvalue weighted by atomic mass is 10.1. The van der Waals surface area contributed by atoms with Gasteiger partial charge in [-0.25, -0.2) is 0 Å². The van der Waals surface area contributed by atoms with Crippen LogP contribution in [0.2, 0.25) is 5.02 Å². The summed E-state index contributed by atoms with van der Waals surface area (Å²) in [6.07, 6.45) is 0.245. The minimum Gasteiger partial charge on any atom is -0.350 e. The van der Waals surface area contributed by atoms with Crippen LogP contribution in [-0.2, 0) is 22.6 Å². The van der Waals surface area contributed by atoms with Crippen LogP contribution in [-0.4, -0.2) is 28.3 Å². The first-order valence-corrected chi connectivity index (χ1v) is 9.43. The molecule has 0 aromatic heterocycles. The first kappa shape index (κ1) is 21.0. The van der Waals surface area contributed by atoms with Crippen LogP contribution in [0, 0.1) is 0 Å². The molecule has 2 amide bonds. The number of carbonyl (C=O) groups excluding carboxylic acids is 2. The summed E-state index contributed by atoms with van der Waals surface area (Å²) in [6.45, 7) is 7.85. The Morgan fingerprint density at radius 3 is 2.26 bits per heavy atom. The third-order valence-electron chi connectivity index (χ3n) is 4.11. The van der Waals surface area contributed by atoms with Crippen molar-refractivity contribution in [1.82, 2.24) is 10.2 Å². The molecule has 1 atom stereocenters. The van der Waals surface area contributed by atoms with Crippen molar-refractivity contribution in [3.8, 4) is 0 Å².